The fourth-order valence-corrected chi connectivity index (χ4v) is 0.950. The highest BCUT2D eigenvalue weighted by molar-refractivity contribution is 5.97. The Labute approximate surface area is 80.3 Å². The molecule has 0 N–H and O–H groups in total. The van der Waals surface area contributed by atoms with Crippen molar-refractivity contribution in [3.05, 3.63) is 34.0 Å². The van der Waals surface area contributed by atoms with Crippen molar-refractivity contribution in [2.45, 2.75) is 0 Å². The molecule has 74 valence electrons. The van der Waals surface area contributed by atoms with E-state index in [-0.39, 0.29) is 5.56 Å². The van der Waals surface area contributed by atoms with E-state index in [1.54, 1.807) is 0 Å². The minimum Gasteiger partial charge on any atom is -0.358 e. The fraction of sp³-hybridized carbons (Fsp3) is 0.250. The van der Waals surface area contributed by atoms with Gasteiger partial charge in [0.05, 0.1) is 0 Å². The second-order valence-electron chi connectivity index (χ2n) is 2.83. The molecule has 1 aromatic heterocycles. The predicted octanol–water partition coefficient (Wildman–Crippen LogP) is 0.692. The van der Waals surface area contributed by atoms with E-state index in [1.165, 1.54) is 37.3 Å². The predicted molar refractivity (Wildman–Crippen MR) is 48.9 cm³/mol. The molecular weight excluding hydrogens is 186 g/mol. The van der Waals surface area contributed by atoms with Gasteiger partial charge in [0.15, 0.2) is 0 Å². The molecule has 0 unspecified atom stereocenters. The third-order valence-corrected chi connectivity index (χ3v) is 1.60. The van der Waals surface area contributed by atoms with Crippen LogP contribution < -0.4 is 0 Å². The van der Waals surface area contributed by atoms with E-state index >= 15 is 0 Å². The van der Waals surface area contributed by atoms with E-state index in [0.29, 0.717) is 0 Å². The molecule has 14 heavy (non-hydrogen) atoms. The number of carbonyl (C=O) groups excluding carboxylic acids is 1. The van der Waals surface area contributed by atoms with Crippen LogP contribution in [0.25, 0.3) is 0 Å². The van der Waals surface area contributed by atoms with Gasteiger partial charge in [-0.05, 0) is 22.0 Å². The Kier molecular flexibility index (Phi) is 2.76. The molecular formula is C8H9N3O3. The first-order valence-corrected chi connectivity index (χ1v) is 3.85. The number of hydrogen-bond acceptors (Lipinski definition) is 4. The monoisotopic (exact) mass is 195 g/mol. The van der Waals surface area contributed by atoms with E-state index in [9.17, 15) is 14.9 Å². The van der Waals surface area contributed by atoms with Crippen molar-refractivity contribution in [3.63, 3.8) is 0 Å². The maximum Gasteiger partial charge on any atom is 0.376 e. The molecule has 1 aromatic rings. The highest BCUT2D eigenvalue weighted by Crippen LogP contribution is 2.14. The largest absolute Gasteiger partial charge is 0.376 e. The summed E-state index contributed by atoms with van der Waals surface area (Å²) in [7, 11) is 3.05. The number of amides is 1. The average Bonchev–Trinajstić information content (AvgIpc) is 2.16. The van der Waals surface area contributed by atoms with Crippen molar-refractivity contribution < 1.29 is 9.72 Å². The van der Waals surface area contributed by atoms with Crippen molar-refractivity contribution in [2.75, 3.05) is 14.1 Å². The third-order valence-electron chi connectivity index (χ3n) is 1.60. The lowest BCUT2D eigenvalue weighted by atomic mass is 10.2. The van der Waals surface area contributed by atoms with Crippen molar-refractivity contribution in [2.24, 2.45) is 0 Å². The van der Waals surface area contributed by atoms with Gasteiger partial charge in [-0.3, -0.25) is 4.79 Å². The van der Waals surface area contributed by atoms with Crippen LogP contribution in [0, 0.1) is 10.1 Å². The van der Waals surface area contributed by atoms with Crippen LogP contribution in [0.2, 0.25) is 0 Å². The molecule has 0 saturated heterocycles. The second-order valence-corrected chi connectivity index (χ2v) is 2.83. The SMILES string of the molecule is CN(C)C(=O)c1cccnc1[N+](=O)[O-]. The highest BCUT2D eigenvalue weighted by atomic mass is 16.6. The summed E-state index contributed by atoms with van der Waals surface area (Å²) in [5.74, 6) is -0.837. The van der Waals surface area contributed by atoms with Crippen LogP contribution in [-0.4, -0.2) is 34.8 Å². The molecule has 0 aliphatic rings. The van der Waals surface area contributed by atoms with Gasteiger partial charge in [0, 0.05) is 14.1 Å². The van der Waals surface area contributed by atoms with E-state index in [2.05, 4.69) is 4.98 Å². The summed E-state index contributed by atoms with van der Waals surface area (Å²) >= 11 is 0. The van der Waals surface area contributed by atoms with Crippen LogP contribution >= 0.6 is 0 Å². The van der Waals surface area contributed by atoms with E-state index < -0.39 is 16.6 Å². The van der Waals surface area contributed by atoms with Crippen molar-refractivity contribution in [3.8, 4) is 0 Å². The Bertz CT molecular complexity index is 376. The van der Waals surface area contributed by atoms with Gasteiger partial charge in [-0.25, -0.2) is 0 Å². The van der Waals surface area contributed by atoms with Gasteiger partial charge in [-0.15, -0.1) is 0 Å². The number of carbonyl (C=O) groups is 1. The molecule has 0 saturated carbocycles. The lowest BCUT2D eigenvalue weighted by molar-refractivity contribution is -0.389. The van der Waals surface area contributed by atoms with Gasteiger partial charge >= 0.3 is 5.82 Å². The molecule has 0 aliphatic carbocycles. The zero-order valence-electron chi connectivity index (χ0n) is 7.80. The molecule has 1 rings (SSSR count). The lowest BCUT2D eigenvalue weighted by Crippen LogP contribution is -2.22. The van der Waals surface area contributed by atoms with Gasteiger partial charge in [0.1, 0.15) is 11.8 Å². The van der Waals surface area contributed by atoms with E-state index in [1.807, 2.05) is 0 Å². The molecule has 0 radical (unpaired) electrons. The molecule has 0 fully saturated rings. The Morgan fingerprint density at radius 1 is 1.57 bits per heavy atom. The quantitative estimate of drug-likeness (QED) is 0.514. The second kappa shape index (κ2) is 3.82. The summed E-state index contributed by atoms with van der Waals surface area (Å²) < 4.78 is 0. The van der Waals surface area contributed by atoms with Crippen LogP contribution in [0.5, 0.6) is 0 Å². The summed E-state index contributed by atoms with van der Waals surface area (Å²) in [6.45, 7) is 0. The molecule has 0 bridgehead atoms. The van der Waals surface area contributed by atoms with Crippen molar-refractivity contribution >= 4 is 11.7 Å². The average molecular weight is 195 g/mol. The Hall–Kier alpha value is -1.98. The number of nitrogens with zero attached hydrogens (tertiary/aromatic N) is 3. The van der Waals surface area contributed by atoms with Gasteiger partial charge in [0.2, 0.25) is 0 Å². The molecule has 0 atom stereocenters. The van der Waals surface area contributed by atoms with Gasteiger partial charge in [-0.1, -0.05) is 0 Å². The Morgan fingerprint density at radius 2 is 2.21 bits per heavy atom. The molecule has 1 amide bonds. The number of nitro groups is 1. The van der Waals surface area contributed by atoms with Crippen molar-refractivity contribution in [1.29, 1.82) is 0 Å². The van der Waals surface area contributed by atoms with Crippen molar-refractivity contribution in [1.82, 2.24) is 9.88 Å². The van der Waals surface area contributed by atoms with Crippen LogP contribution in [0.1, 0.15) is 10.4 Å². The highest BCUT2D eigenvalue weighted by Gasteiger charge is 2.21. The molecule has 6 nitrogen and oxygen atoms in total. The van der Waals surface area contributed by atoms with Crippen LogP contribution in [0.3, 0.4) is 0 Å². The number of aromatic nitrogens is 1. The first kappa shape index (κ1) is 10.1. The first-order chi connectivity index (χ1) is 6.54. The minimum absolute atomic E-state index is 0.00231. The summed E-state index contributed by atoms with van der Waals surface area (Å²) in [5, 5.41) is 10.5. The van der Waals surface area contributed by atoms with Gasteiger partial charge in [0.25, 0.3) is 5.91 Å². The summed E-state index contributed by atoms with van der Waals surface area (Å²) in [6, 6.07) is 2.87. The molecule has 6 heteroatoms. The fourth-order valence-electron chi connectivity index (χ4n) is 0.950. The summed E-state index contributed by atoms with van der Waals surface area (Å²) in [4.78, 5) is 26.1. The maximum absolute atomic E-state index is 11.5. The number of pyridine rings is 1. The zero-order chi connectivity index (χ0) is 10.7. The van der Waals surface area contributed by atoms with Crippen LogP contribution in [-0.2, 0) is 0 Å². The summed E-state index contributed by atoms with van der Waals surface area (Å²) in [5.41, 5.74) is 0.00231. The van der Waals surface area contributed by atoms with Crippen LogP contribution in [0.4, 0.5) is 5.82 Å². The minimum atomic E-state index is -0.670. The Balaban J connectivity index is 3.20. The normalized spacial score (nSPS) is 9.57. The maximum atomic E-state index is 11.5. The van der Waals surface area contributed by atoms with Gasteiger partial charge < -0.3 is 15.0 Å². The topological polar surface area (TPSA) is 76.3 Å². The molecule has 0 aromatic carbocycles. The lowest BCUT2D eigenvalue weighted by Gasteiger charge is -2.09. The summed E-state index contributed by atoms with van der Waals surface area (Å²) in [6.07, 6.45) is 1.28. The Morgan fingerprint density at radius 3 is 2.71 bits per heavy atom. The zero-order valence-corrected chi connectivity index (χ0v) is 7.80. The number of hydrogen-bond donors (Lipinski definition) is 0. The first-order valence-electron chi connectivity index (χ1n) is 3.85. The van der Waals surface area contributed by atoms with E-state index in [4.69, 9.17) is 0 Å². The van der Waals surface area contributed by atoms with Crippen LogP contribution in [0.15, 0.2) is 18.3 Å². The third kappa shape index (κ3) is 1.85. The number of rotatable bonds is 2. The molecule has 0 spiro atoms. The van der Waals surface area contributed by atoms with Gasteiger partial charge in [-0.2, -0.15) is 0 Å². The standard InChI is InChI=1S/C8H9N3O3/c1-10(2)8(12)6-4-3-5-9-7(6)11(13)14/h3-5H,1-2H3. The van der Waals surface area contributed by atoms with E-state index in [0.717, 1.165) is 0 Å². The molecule has 1 heterocycles. The molecule has 0 aliphatic heterocycles. The smallest absolute Gasteiger partial charge is 0.358 e.